The zero-order valence-electron chi connectivity index (χ0n) is 62.6. The van der Waals surface area contributed by atoms with Crippen molar-refractivity contribution in [3.05, 3.63) is 192 Å². The summed E-state index contributed by atoms with van der Waals surface area (Å²) in [5.74, 6) is -76.5. The molecule has 0 saturated carbocycles. The summed E-state index contributed by atoms with van der Waals surface area (Å²) in [6.07, 6.45) is 4.49. The number of carbonyl (C=O) groups is 8. The molecule has 0 saturated heterocycles. The van der Waals surface area contributed by atoms with Crippen LogP contribution in [0.25, 0.3) is 22.3 Å². The normalized spacial score (nSPS) is 12.2. The second-order valence-electron chi connectivity index (χ2n) is 26.4. The van der Waals surface area contributed by atoms with Crippen LogP contribution in [0.5, 0.6) is 23.0 Å². The van der Waals surface area contributed by atoms with Crippen LogP contribution in [-0.2, 0) is 47.6 Å². The Morgan fingerprint density at radius 1 is 0.250 bits per heavy atom. The molecule has 0 radical (unpaired) electrons. The van der Waals surface area contributed by atoms with Crippen molar-refractivity contribution in [2.75, 3.05) is 52.9 Å². The molecule has 0 aromatic heterocycles. The van der Waals surface area contributed by atoms with Crippen LogP contribution >= 0.6 is 0 Å². The van der Waals surface area contributed by atoms with Gasteiger partial charge in [-0.25, -0.2) is 38.4 Å². The second-order valence-corrected chi connectivity index (χ2v) is 26.4. The highest BCUT2D eigenvalue weighted by molar-refractivity contribution is 5.93. The standard InChI is InChI=1S/C82H82F16O18/c1-53(2)67(99)109-47-15-7-5-13-45-107-63-37-33-61(34-38-63)71(103)115-65-41-29-57(30-42-65)55-21-25-59(26-22-55)69(101)111-49-17-9-11-19-51-113-73(105)75(83,84)77(87,88)79(91,92)81(95,96)82(97,98)80(93,94)78(89,90)76(85,86)74(106)114-52-20-12-10-18-50-112-70(102)60-27-23-56(24-28-60)58-31-43-66(44-32-58)116-72(104)62-35-39-64(40-36-62)108-46-14-6-8-16-48-110-68(100)54(3)4/h21-44H,1,3,5-20,45-52H2,2,4H3. The zero-order chi connectivity index (χ0) is 85.7. The van der Waals surface area contributed by atoms with Gasteiger partial charge in [-0.1, -0.05) is 61.7 Å². The van der Waals surface area contributed by atoms with Crippen molar-refractivity contribution < 1.29 is 156 Å². The number of alkyl halides is 16. The lowest BCUT2D eigenvalue weighted by Gasteiger charge is -2.42. The molecule has 6 aromatic rings. The smallest absolute Gasteiger partial charge is 0.410 e. The lowest BCUT2D eigenvalue weighted by Crippen LogP contribution is -2.75. The van der Waals surface area contributed by atoms with Crippen LogP contribution in [0.3, 0.4) is 0 Å². The maximum atomic E-state index is 14.7. The molecule has 0 atom stereocenters. The third-order valence-corrected chi connectivity index (χ3v) is 17.3. The van der Waals surface area contributed by atoms with Gasteiger partial charge in [0.15, 0.2) is 0 Å². The molecule has 0 aliphatic heterocycles. The number of hydrogen-bond donors (Lipinski definition) is 0. The summed E-state index contributed by atoms with van der Waals surface area (Å²) in [6, 6.07) is 37.1. The Balaban J connectivity index is 0.841. The quantitative estimate of drug-likeness (QED) is 0.00863. The number of halogens is 16. The van der Waals surface area contributed by atoms with Crippen molar-refractivity contribution >= 4 is 47.8 Å². The van der Waals surface area contributed by atoms with Gasteiger partial charge >= 0.3 is 95.1 Å². The number of rotatable bonds is 49. The van der Waals surface area contributed by atoms with Gasteiger partial charge in [-0.15, -0.1) is 0 Å². The van der Waals surface area contributed by atoms with Crippen LogP contribution in [0.15, 0.2) is 170 Å². The molecule has 6 rings (SSSR count). The molecule has 0 aliphatic rings. The fourth-order valence-electron chi connectivity index (χ4n) is 10.4. The first kappa shape index (κ1) is 93.9. The first-order chi connectivity index (χ1) is 54.6. The van der Waals surface area contributed by atoms with Gasteiger partial charge in [-0.3, -0.25) is 0 Å². The van der Waals surface area contributed by atoms with Gasteiger partial charge < -0.3 is 47.4 Å². The van der Waals surface area contributed by atoms with Crippen molar-refractivity contribution in [1.82, 2.24) is 0 Å². The molecule has 34 heteroatoms. The summed E-state index contributed by atoms with van der Waals surface area (Å²) >= 11 is 0. The van der Waals surface area contributed by atoms with E-state index in [1.807, 2.05) is 0 Å². The minimum Gasteiger partial charge on any atom is -0.494 e. The number of unbranched alkanes of at least 4 members (excludes halogenated alkanes) is 12. The molecule has 0 spiro atoms. The Bertz CT molecular complexity index is 4000. The van der Waals surface area contributed by atoms with E-state index in [1.54, 1.807) is 86.6 Å². The number of carbonyl (C=O) groups excluding carboxylic acids is 8. The number of ether oxygens (including phenoxy) is 10. The van der Waals surface area contributed by atoms with Crippen LogP contribution in [-0.4, -0.2) is 148 Å². The molecule has 0 aliphatic carbocycles. The minimum atomic E-state index is -8.90. The molecule has 0 bridgehead atoms. The molecule has 18 nitrogen and oxygen atoms in total. The Hall–Kier alpha value is -11.0. The molecule has 6 aromatic carbocycles. The van der Waals surface area contributed by atoms with Gasteiger partial charge in [-0.2, -0.15) is 70.2 Å². The molecular weight excluding hydrogens is 1580 g/mol. The van der Waals surface area contributed by atoms with E-state index in [9.17, 15) is 109 Å². The van der Waals surface area contributed by atoms with E-state index in [1.165, 1.54) is 72.8 Å². The van der Waals surface area contributed by atoms with Gasteiger partial charge in [-0.05, 0) is 236 Å². The van der Waals surface area contributed by atoms with Gasteiger partial charge in [0.2, 0.25) is 0 Å². The largest absolute Gasteiger partial charge is 0.494 e. The Labute approximate surface area is 655 Å². The van der Waals surface area contributed by atoms with E-state index in [0.717, 1.165) is 38.5 Å². The molecule has 0 fully saturated rings. The number of hydrogen-bond acceptors (Lipinski definition) is 18. The molecule has 0 N–H and O–H groups in total. The topological polar surface area (TPSA) is 229 Å². The molecular formula is C82H82F16O18. The summed E-state index contributed by atoms with van der Waals surface area (Å²) < 4.78 is 285. The third-order valence-electron chi connectivity index (χ3n) is 17.3. The molecule has 0 heterocycles. The third kappa shape index (κ3) is 24.8. The minimum absolute atomic E-state index is 0.0205. The van der Waals surface area contributed by atoms with E-state index in [2.05, 4.69) is 22.6 Å². The predicted molar refractivity (Wildman–Crippen MR) is 385 cm³/mol. The van der Waals surface area contributed by atoms with Gasteiger partial charge in [0.05, 0.1) is 75.1 Å². The molecule has 630 valence electrons. The van der Waals surface area contributed by atoms with E-state index in [0.29, 0.717) is 84.2 Å². The van der Waals surface area contributed by atoms with E-state index in [-0.39, 0.29) is 85.5 Å². The highest BCUT2D eigenvalue weighted by Gasteiger charge is 2.96. The summed E-state index contributed by atoms with van der Waals surface area (Å²) in [5, 5.41) is 0. The summed E-state index contributed by atoms with van der Waals surface area (Å²) in [6.45, 7) is 8.18. The zero-order valence-corrected chi connectivity index (χ0v) is 62.6. The summed E-state index contributed by atoms with van der Waals surface area (Å²) in [7, 11) is 0. The summed E-state index contributed by atoms with van der Waals surface area (Å²) in [4.78, 5) is 97.7. The van der Waals surface area contributed by atoms with Gasteiger partial charge in [0, 0.05) is 11.1 Å². The fourth-order valence-corrected chi connectivity index (χ4v) is 10.4. The van der Waals surface area contributed by atoms with Crippen molar-refractivity contribution in [2.24, 2.45) is 0 Å². The second kappa shape index (κ2) is 42.6. The highest BCUT2D eigenvalue weighted by atomic mass is 19.4. The SMILES string of the molecule is C=C(C)C(=O)OCCCCCCOc1ccc(C(=O)Oc2ccc(-c3ccc(C(=O)OCCCCCCOC(=O)C(F)(F)C(F)(F)C(F)(F)C(F)(F)C(F)(F)C(F)(F)C(F)(F)C(F)(F)C(=O)OCCCCCCOC(=O)c4ccc(-c5ccc(OC(=O)c6ccc(OCCCCCCOC(=O)C(=C)C)cc6)cc5)cc4)cc3)cc2)cc1. The molecule has 0 amide bonds. The van der Waals surface area contributed by atoms with Gasteiger partial charge in [0.25, 0.3) is 0 Å². The monoisotopic (exact) mass is 1660 g/mol. The first-order valence-corrected chi connectivity index (χ1v) is 36.3. The molecule has 0 unspecified atom stereocenters. The van der Waals surface area contributed by atoms with Crippen molar-refractivity contribution in [3.63, 3.8) is 0 Å². The van der Waals surface area contributed by atoms with Crippen LogP contribution in [0.2, 0.25) is 0 Å². The van der Waals surface area contributed by atoms with Crippen molar-refractivity contribution in [3.8, 4) is 45.3 Å². The maximum absolute atomic E-state index is 14.7. The number of benzene rings is 6. The summed E-state index contributed by atoms with van der Waals surface area (Å²) in [5.41, 5.74) is 3.80. The Morgan fingerprint density at radius 3 is 0.724 bits per heavy atom. The van der Waals surface area contributed by atoms with Gasteiger partial charge in [0.1, 0.15) is 23.0 Å². The van der Waals surface area contributed by atoms with E-state index >= 15 is 0 Å². The Kier molecular flexibility index (Phi) is 34.5. The van der Waals surface area contributed by atoms with Crippen LogP contribution in [0.1, 0.15) is 158 Å². The van der Waals surface area contributed by atoms with Crippen LogP contribution < -0.4 is 18.9 Å². The van der Waals surface area contributed by atoms with Crippen LogP contribution in [0, 0.1) is 0 Å². The first-order valence-electron chi connectivity index (χ1n) is 36.3. The lowest BCUT2D eigenvalue weighted by molar-refractivity contribution is -0.449. The fraction of sp³-hybridized carbons (Fsp3) is 0.415. The highest BCUT2D eigenvalue weighted by Crippen LogP contribution is 2.64. The van der Waals surface area contributed by atoms with Crippen molar-refractivity contribution in [1.29, 1.82) is 0 Å². The predicted octanol–water partition coefficient (Wildman–Crippen LogP) is 19.9. The average Bonchev–Trinajstić information content (AvgIpc) is 0.691. The lowest BCUT2D eigenvalue weighted by atomic mass is 9.87. The van der Waals surface area contributed by atoms with E-state index in [4.69, 9.17) is 37.9 Å². The molecule has 116 heavy (non-hydrogen) atoms. The average molecular weight is 1660 g/mol. The maximum Gasteiger partial charge on any atom is 0.410 e. The Morgan fingerprint density at radius 2 is 0.457 bits per heavy atom. The van der Waals surface area contributed by atoms with Crippen molar-refractivity contribution in [2.45, 2.75) is 164 Å². The van der Waals surface area contributed by atoms with Crippen LogP contribution in [0.4, 0.5) is 70.2 Å². The van der Waals surface area contributed by atoms with E-state index < -0.39 is 121 Å². The number of esters is 8.